The van der Waals surface area contributed by atoms with E-state index in [1.807, 2.05) is 12.1 Å². The molecule has 0 aliphatic carbocycles. The van der Waals surface area contributed by atoms with E-state index in [2.05, 4.69) is 18.9 Å². The number of phenols is 1. The lowest BCUT2D eigenvalue weighted by Crippen LogP contribution is -2.34. The SMILES string of the molecule is CCCCOCC1c2ccc(O)cc2CCN1C. The number of benzene rings is 1. The molecule has 2 rings (SSSR count). The van der Waals surface area contributed by atoms with Crippen LogP contribution in [-0.2, 0) is 11.2 Å². The van der Waals surface area contributed by atoms with Gasteiger partial charge in [-0.05, 0) is 43.1 Å². The Hall–Kier alpha value is -1.06. The van der Waals surface area contributed by atoms with Crippen LogP contribution in [0, 0.1) is 0 Å². The predicted octanol–water partition coefficient (Wildman–Crippen LogP) is 2.74. The maximum absolute atomic E-state index is 9.54. The van der Waals surface area contributed by atoms with Crippen molar-refractivity contribution < 1.29 is 9.84 Å². The van der Waals surface area contributed by atoms with Crippen LogP contribution in [0.5, 0.6) is 5.75 Å². The molecule has 3 nitrogen and oxygen atoms in total. The van der Waals surface area contributed by atoms with Crippen molar-refractivity contribution in [3.63, 3.8) is 0 Å². The van der Waals surface area contributed by atoms with Gasteiger partial charge < -0.3 is 9.84 Å². The summed E-state index contributed by atoms with van der Waals surface area (Å²) in [5.41, 5.74) is 2.57. The number of aromatic hydroxyl groups is 1. The molecule has 0 fully saturated rings. The number of ether oxygens (including phenoxy) is 1. The first-order valence-corrected chi connectivity index (χ1v) is 6.82. The number of fused-ring (bicyclic) bond motifs is 1. The van der Waals surface area contributed by atoms with E-state index < -0.39 is 0 Å². The highest BCUT2D eigenvalue weighted by atomic mass is 16.5. The van der Waals surface area contributed by atoms with E-state index in [1.165, 1.54) is 17.5 Å². The van der Waals surface area contributed by atoms with Crippen molar-refractivity contribution in [2.75, 3.05) is 26.8 Å². The normalized spacial score (nSPS) is 19.8. The highest BCUT2D eigenvalue weighted by Gasteiger charge is 2.24. The monoisotopic (exact) mass is 249 g/mol. The van der Waals surface area contributed by atoms with Gasteiger partial charge in [-0.2, -0.15) is 0 Å². The quantitative estimate of drug-likeness (QED) is 0.814. The number of likely N-dealkylation sites (N-methyl/N-ethyl adjacent to an activating group) is 1. The molecule has 0 bridgehead atoms. The van der Waals surface area contributed by atoms with Crippen molar-refractivity contribution in [1.82, 2.24) is 4.90 Å². The van der Waals surface area contributed by atoms with E-state index >= 15 is 0 Å². The zero-order valence-corrected chi connectivity index (χ0v) is 11.4. The molecule has 100 valence electrons. The summed E-state index contributed by atoms with van der Waals surface area (Å²) in [4.78, 5) is 2.34. The number of hydrogen-bond donors (Lipinski definition) is 1. The lowest BCUT2D eigenvalue weighted by Gasteiger charge is -2.34. The molecule has 18 heavy (non-hydrogen) atoms. The first kappa shape index (κ1) is 13.4. The molecule has 0 saturated carbocycles. The Morgan fingerprint density at radius 3 is 3.06 bits per heavy atom. The van der Waals surface area contributed by atoms with Gasteiger partial charge in [0.1, 0.15) is 5.75 Å². The van der Waals surface area contributed by atoms with Crippen LogP contribution in [0.1, 0.15) is 36.9 Å². The fraction of sp³-hybridized carbons (Fsp3) is 0.600. The smallest absolute Gasteiger partial charge is 0.115 e. The maximum Gasteiger partial charge on any atom is 0.115 e. The first-order chi connectivity index (χ1) is 8.72. The number of phenolic OH excluding ortho intramolecular Hbond substituents is 1. The molecule has 3 heteroatoms. The molecule has 1 aliphatic heterocycles. The lowest BCUT2D eigenvalue weighted by atomic mass is 9.93. The van der Waals surface area contributed by atoms with Crippen LogP contribution < -0.4 is 0 Å². The van der Waals surface area contributed by atoms with Gasteiger partial charge in [0.05, 0.1) is 12.6 Å². The summed E-state index contributed by atoms with van der Waals surface area (Å²) in [6.07, 6.45) is 3.30. The Bertz CT molecular complexity index is 392. The third kappa shape index (κ3) is 3.03. The molecule has 1 aromatic carbocycles. The Labute approximate surface area is 109 Å². The van der Waals surface area contributed by atoms with Crippen LogP contribution in [0.25, 0.3) is 0 Å². The predicted molar refractivity (Wildman–Crippen MR) is 72.9 cm³/mol. The second-order valence-corrected chi connectivity index (χ2v) is 5.06. The van der Waals surface area contributed by atoms with Crippen LogP contribution in [-0.4, -0.2) is 36.8 Å². The summed E-state index contributed by atoms with van der Waals surface area (Å²) >= 11 is 0. The Balaban J connectivity index is 2.05. The van der Waals surface area contributed by atoms with Crippen LogP contribution in [0.2, 0.25) is 0 Å². The molecule has 0 radical (unpaired) electrons. The van der Waals surface area contributed by atoms with Crippen molar-refractivity contribution in [2.45, 2.75) is 32.2 Å². The average molecular weight is 249 g/mol. The van der Waals surface area contributed by atoms with Crippen molar-refractivity contribution in [1.29, 1.82) is 0 Å². The van der Waals surface area contributed by atoms with Crippen LogP contribution in [0.3, 0.4) is 0 Å². The third-order valence-corrected chi connectivity index (χ3v) is 3.67. The number of unbranched alkanes of at least 4 members (excludes halogenated alkanes) is 1. The molecule has 0 saturated heterocycles. The van der Waals surface area contributed by atoms with E-state index in [1.54, 1.807) is 6.07 Å². The third-order valence-electron chi connectivity index (χ3n) is 3.67. The minimum absolute atomic E-state index is 0.325. The van der Waals surface area contributed by atoms with Crippen molar-refractivity contribution in [2.24, 2.45) is 0 Å². The second-order valence-electron chi connectivity index (χ2n) is 5.06. The zero-order chi connectivity index (χ0) is 13.0. The van der Waals surface area contributed by atoms with Crippen molar-refractivity contribution in [3.05, 3.63) is 29.3 Å². The maximum atomic E-state index is 9.54. The molecular weight excluding hydrogens is 226 g/mol. The number of nitrogens with zero attached hydrogens (tertiary/aromatic N) is 1. The van der Waals surface area contributed by atoms with Gasteiger partial charge in [0, 0.05) is 13.2 Å². The molecular formula is C15H23NO2. The topological polar surface area (TPSA) is 32.7 Å². The number of rotatable bonds is 5. The molecule has 1 aliphatic rings. The second kappa shape index (κ2) is 6.21. The molecule has 0 spiro atoms. The minimum Gasteiger partial charge on any atom is -0.508 e. The van der Waals surface area contributed by atoms with E-state index in [4.69, 9.17) is 4.74 Å². The summed E-state index contributed by atoms with van der Waals surface area (Å²) in [5, 5.41) is 9.54. The van der Waals surface area contributed by atoms with Gasteiger partial charge >= 0.3 is 0 Å². The Morgan fingerprint density at radius 1 is 1.44 bits per heavy atom. The molecule has 1 aromatic rings. The molecule has 1 N–H and O–H groups in total. The summed E-state index contributed by atoms with van der Waals surface area (Å²) in [7, 11) is 2.14. The van der Waals surface area contributed by atoms with E-state index in [0.29, 0.717) is 11.8 Å². The fourth-order valence-corrected chi connectivity index (χ4v) is 2.48. The molecule has 1 heterocycles. The highest BCUT2D eigenvalue weighted by Crippen LogP contribution is 2.31. The van der Waals surface area contributed by atoms with Crippen molar-refractivity contribution >= 4 is 0 Å². The fourth-order valence-electron chi connectivity index (χ4n) is 2.48. The van der Waals surface area contributed by atoms with E-state index in [0.717, 1.165) is 32.6 Å². The minimum atomic E-state index is 0.325. The summed E-state index contributed by atoms with van der Waals surface area (Å²) in [5.74, 6) is 0.365. The lowest BCUT2D eigenvalue weighted by molar-refractivity contribution is 0.0638. The van der Waals surface area contributed by atoms with Gasteiger partial charge in [-0.15, -0.1) is 0 Å². The van der Waals surface area contributed by atoms with Gasteiger partial charge in [0.25, 0.3) is 0 Å². The average Bonchev–Trinajstić information content (AvgIpc) is 2.37. The molecule has 1 unspecified atom stereocenters. The Morgan fingerprint density at radius 2 is 2.28 bits per heavy atom. The Kier molecular flexibility index (Phi) is 4.61. The zero-order valence-electron chi connectivity index (χ0n) is 11.4. The van der Waals surface area contributed by atoms with Gasteiger partial charge in [-0.3, -0.25) is 4.90 Å². The number of hydrogen-bond acceptors (Lipinski definition) is 3. The summed E-state index contributed by atoms with van der Waals surface area (Å²) in [6, 6.07) is 6.03. The van der Waals surface area contributed by atoms with Crippen LogP contribution in [0.4, 0.5) is 0 Å². The first-order valence-electron chi connectivity index (χ1n) is 6.82. The summed E-state index contributed by atoms with van der Waals surface area (Å²) in [6.45, 7) is 4.79. The summed E-state index contributed by atoms with van der Waals surface area (Å²) < 4.78 is 5.77. The van der Waals surface area contributed by atoms with Gasteiger partial charge in [0.15, 0.2) is 0 Å². The van der Waals surface area contributed by atoms with Crippen LogP contribution >= 0.6 is 0 Å². The largest absolute Gasteiger partial charge is 0.508 e. The molecule has 0 amide bonds. The standard InChI is InChI=1S/C15H23NO2/c1-3-4-9-18-11-15-14-6-5-13(17)10-12(14)7-8-16(15)2/h5-6,10,15,17H,3-4,7-9,11H2,1-2H3. The van der Waals surface area contributed by atoms with Gasteiger partial charge in [-0.1, -0.05) is 19.4 Å². The molecule has 0 aromatic heterocycles. The van der Waals surface area contributed by atoms with Crippen molar-refractivity contribution in [3.8, 4) is 5.75 Å². The van der Waals surface area contributed by atoms with E-state index in [9.17, 15) is 5.11 Å². The van der Waals surface area contributed by atoms with E-state index in [-0.39, 0.29) is 0 Å². The van der Waals surface area contributed by atoms with Gasteiger partial charge in [-0.25, -0.2) is 0 Å². The van der Waals surface area contributed by atoms with Gasteiger partial charge in [0.2, 0.25) is 0 Å². The highest BCUT2D eigenvalue weighted by molar-refractivity contribution is 5.38. The molecule has 1 atom stereocenters. The van der Waals surface area contributed by atoms with Crippen LogP contribution in [0.15, 0.2) is 18.2 Å².